The highest BCUT2D eigenvalue weighted by atomic mass is 19.2. The first-order chi connectivity index (χ1) is 26.7. The van der Waals surface area contributed by atoms with E-state index in [4.69, 9.17) is 25.9 Å². The number of halogens is 4. The number of benzene rings is 4. The molecule has 294 valence electrons. The van der Waals surface area contributed by atoms with Crippen LogP contribution in [0, 0.1) is 23.3 Å². The van der Waals surface area contributed by atoms with Crippen LogP contribution < -0.4 is 21.7 Å². The van der Waals surface area contributed by atoms with E-state index in [1.54, 1.807) is 34.9 Å². The Morgan fingerprint density at radius 3 is 1.95 bits per heavy atom. The molecule has 56 heavy (non-hydrogen) atoms. The molecule has 5 aromatic rings. The maximum absolute atomic E-state index is 14.3. The summed E-state index contributed by atoms with van der Waals surface area (Å²) in [7, 11) is 0. The van der Waals surface area contributed by atoms with Gasteiger partial charge in [-0.15, -0.1) is 0 Å². The molecule has 16 heteroatoms. The molecule has 1 unspecified atom stereocenters. The maximum Gasteiger partial charge on any atom is 0.302 e. The number of rotatable bonds is 17. The fourth-order valence-electron chi connectivity index (χ4n) is 6.10. The molecule has 2 atom stereocenters. The van der Waals surface area contributed by atoms with Gasteiger partial charge in [-0.05, 0) is 83.8 Å². The van der Waals surface area contributed by atoms with Gasteiger partial charge in [0.25, 0.3) is 0 Å². The number of nitrogens with one attached hydrogen (secondary N) is 1. The molecule has 0 aliphatic heterocycles. The van der Waals surface area contributed by atoms with Gasteiger partial charge >= 0.3 is 11.9 Å². The molecule has 0 aliphatic carbocycles. The minimum atomic E-state index is -1.18. The molecule has 0 spiro atoms. The number of amides is 2. The Bertz CT molecular complexity index is 2210. The molecule has 0 saturated heterocycles. The van der Waals surface area contributed by atoms with Crippen LogP contribution in [0.3, 0.4) is 0 Å². The van der Waals surface area contributed by atoms with Gasteiger partial charge in [0.1, 0.15) is 19.0 Å². The van der Waals surface area contributed by atoms with Crippen LogP contribution in [0.15, 0.2) is 78.9 Å². The van der Waals surface area contributed by atoms with Gasteiger partial charge < -0.3 is 35.7 Å². The Kier molecular flexibility index (Phi) is 13.4. The molecular weight excluding hydrogens is 736 g/mol. The van der Waals surface area contributed by atoms with Crippen molar-refractivity contribution in [3.63, 3.8) is 0 Å². The van der Waals surface area contributed by atoms with Gasteiger partial charge in [0.15, 0.2) is 23.3 Å². The number of nitrogens with zero attached hydrogens (tertiary/aromatic N) is 3. The first kappa shape index (κ1) is 40.9. The third-order valence-corrected chi connectivity index (χ3v) is 8.82. The normalized spacial score (nSPS) is 12.2. The largest absolute Gasteiger partial charge is 0.464 e. The summed E-state index contributed by atoms with van der Waals surface area (Å²) in [5, 5.41) is 2.73. The number of hydrogen-bond donors (Lipinski definition) is 3. The second kappa shape index (κ2) is 18.4. The van der Waals surface area contributed by atoms with E-state index < -0.39 is 59.1 Å². The SMILES string of the molecule is CC(=O)OCCN(CCOC(C)=O)c1ccc(-c2nc3cc(C(CC(N)=O)NC(=O)[C@@H](N)Cc4ccc(F)c(F)c4)ccc3n2Cc2ccc(F)c(F)c2)cc1. The van der Waals surface area contributed by atoms with Crippen LogP contribution in [0.25, 0.3) is 22.4 Å². The second-order valence-electron chi connectivity index (χ2n) is 13.0. The summed E-state index contributed by atoms with van der Waals surface area (Å²) in [6.45, 7) is 3.52. The van der Waals surface area contributed by atoms with E-state index in [0.29, 0.717) is 52.2 Å². The number of aromatic nitrogens is 2. The average molecular weight is 777 g/mol. The number of imidazole rings is 1. The topological polar surface area (TPSA) is 172 Å². The minimum Gasteiger partial charge on any atom is -0.464 e. The molecule has 0 fully saturated rings. The zero-order valence-electron chi connectivity index (χ0n) is 30.6. The van der Waals surface area contributed by atoms with Gasteiger partial charge in [-0.2, -0.15) is 0 Å². The van der Waals surface area contributed by atoms with Crippen molar-refractivity contribution >= 4 is 40.5 Å². The fraction of sp³-hybridized carbons (Fsp3) is 0.275. The van der Waals surface area contributed by atoms with Gasteiger partial charge in [0, 0.05) is 31.6 Å². The number of carbonyl (C=O) groups is 4. The van der Waals surface area contributed by atoms with Crippen molar-refractivity contribution in [1.82, 2.24) is 14.9 Å². The first-order valence-corrected chi connectivity index (χ1v) is 17.5. The lowest BCUT2D eigenvalue weighted by Crippen LogP contribution is -2.44. The molecule has 0 radical (unpaired) electrons. The van der Waals surface area contributed by atoms with E-state index in [0.717, 1.165) is 30.0 Å². The molecular formula is C40H40F4N6O6. The monoisotopic (exact) mass is 776 g/mol. The second-order valence-corrected chi connectivity index (χ2v) is 13.0. The third-order valence-electron chi connectivity index (χ3n) is 8.82. The van der Waals surface area contributed by atoms with E-state index in [2.05, 4.69) is 5.32 Å². The van der Waals surface area contributed by atoms with Crippen molar-refractivity contribution in [2.24, 2.45) is 11.5 Å². The number of nitrogens with two attached hydrogens (primary N) is 2. The predicted molar refractivity (Wildman–Crippen MR) is 199 cm³/mol. The van der Waals surface area contributed by atoms with Crippen LogP contribution >= 0.6 is 0 Å². The van der Waals surface area contributed by atoms with Crippen molar-refractivity contribution in [1.29, 1.82) is 0 Å². The summed E-state index contributed by atoms with van der Waals surface area (Å²) in [5.74, 6) is -5.94. The third kappa shape index (κ3) is 10.7. The summed E-state index contributed by atoms with van der Waals surface area (Å²) in [5.41, 5.74) is 15.3. The number of fused-ring (bicyclic) bond motifs is 1. The zero-order valence-corrected chi connectivity index (χ0v) is 30.6. The van der Waals surface area contributed by atoms with E-state index >= 15 is 0 Å². The summed E-state index contributed by atoms with van der Waals surface area (Å²) in [4.78, 5) is 54.9. The number of carbonyl (C=O) groups excluding carboxylic acids is 4. The molecule has 2 amide bonds. The van der Waals surface area contributed by atoms with Gasteiger partial charge in [0.2, 0.25) is 11.8 Å². The Balaban J connectivity index is 1.48. The Morgan fingerprint density at radius 2 is 1.38 bits per heavy atom. The first-order valence-electron chi connectivity index (χ1n) is 17.5. The molecule has 0 aliphatic rings. The molecule has 1 heterocycles. The van der Waals surface area contributed by atoms with Crippen molar-refractivity contribution in [2.45, 2.75) is 45.3 Å². The van der Waals surface area contributed by atoms with Crippen molar-refractivity contribution in [3.05, 3.63) is 119 Å². The van der Waals surface area contributed by atoms with Crippen molar-refractivity contribution in [2.75, 3.05) is 31.2 Å². The van der Waals surface area contributed by atoms with Crippen LogP contribution in [0.4, 0.5) is 23.2 Å². The maximum atomic E-state index is 14.3. The fourth-order valence-corrected chi connectivity index (χ4v) is 6.10. The quantitative estimate of drug-likeness (QED) is 0.0883. The van der Waals surface area contributed by atoms with Crippen molar-refractivity contribution < 1.29 is 46.2 Å². The van der Waals surface area contributed by atoms with Gasteiger partial charge in [-0.1, -0.05) is 18.2 Å². The summed E-state index contributed by atoms with van der Waals surface area (Å²) < 4.78 is 67.4. The van der Waals surface area contributed by atoms with Crippen LogP contribution in [0.2, 0.25) is 0 Å². The summed E-state index contributed by atoms with van der Waals surface area (Å²) in [6, 6.07) is 16.9. The lowest BCUT2D eigenvalue weighted by Gasteiger charge is -2.24. The van der Waals surface area contributed by atoms with Crippen LogP contribution in [-0.4, -0.2) is 65.6 Å². The van der Waals surface area contributed by atoms with E-state index in [1.165, 1.54) is 26.0 Å². The smallest absolute Gasteiger partial charge is 0.302 e. The number of anilines is 1. The van der Waals surface area contributed by atoms with E-state index in [9.17, 15) is 36.7 Å². The Labute approximate surface area is 319 Å². The molecule has 5 rings (SSSR count). The number of esters is 2. The van der Waals surface area contributed by atoms with Crippen LogP contribution in [0.1, 0.15) is 43.0 Å². The molecule has 5 N–H and O–H groups in total. The molecule has 0 saturated carbocycles. The summed E-state index contributed by atoms with van der Waals surface area (Å²) >= 11 is 0. The summed E-state index contributed by atoms with van der Waals surface area (Å²) in [6.07, 6.45) is -0.414. The lowest BCUT2D eigenvalue weighted by atomic mass is 10.0. The zero-order chi connectivity index (χ0) is 40.5. The molecule has 1 aromatic heterocycles. The number of primary amides is 1. The van der Waals surface area contributed by atoms with E-state index in [1.807, 2.05) is 17.0 Å². The Hall–Kier alpha value is -6.29. The highest BCUT2D eigenvalue weighted by Crippen LogP contribution is 2.31. The van der Waals surface area contributed by atoms with Crippen LogP contribution in [-0.2, 0) is 41.6 Å². The molecule has 12 nitrogen and oxygen atoms in total. The van der Waals surface area contributed by atoms with Gasteiger partial charge in [-0.3, -0.25) is 19.2 Å². The van der Waals surface area contributed by atoms with Gasteiger partial charge in [-0.25, -0.2) is 22.5 Å². The highest BCUT2D eigenvalue weighted by molar-refractivity contribution is 5.85. The lowest BCUT2D eigenvalue weighted by molar-refractivity contribution is -0.141. The highest BCUT2D eigenvalue weighted by Gasteiger charge is 2.24. The minimum absolute atomic E-state index is 0.0846. The average Bonchev–Trinajstić information content (AvgIpc) is 3.50. The van der Waals surface area contributed by atoms with Crippen molar-refractivity contribution in [3.8, 4) is 11.4 Å². The Morgan fingerprint density at radius 1 is 0.786 bits per heavy atom. The number of ether oxygens (including phenoxy) is 2. The predicted octanol–water partition coefficient (Wildman–Crippen LogP) is 4.84. The standard InChI is InChI=1S/C40H40F4N6O6/c1-23(51)55-15-13-49(14-16-56-24(2)52)29-8-5-27(6-9-29)39-47-36-20-28(7-12-37(36)50(39)22-26-4-11-31(42)33(44)18-26)35(21-38(46)53)48-40(54)34(45)19-25-3-10-30(41)32(43)17-25/h3-12,17-18,20,34-35H,13-16,19,21-22,45H2,1-2H3,(H2,46,53)(H,48,54)/t34-,35?/m0/s1. The van der Waals surface area contributed by atoms with E-state index in [-0.39, 0.29) is 32.6 Å². The van der Waals surface area contributed by atoms with Gasteiger partial charge in [0.05, 0.1) is 42.6 Å². The van der Waals surface area contributed by atoms with Crippen LogP contribution in [0.5, 0.6) is 0 Å². The number of hydrogen-bond acceptors (Lipinski definition) is 9. The molecule has 4 aromatic carbocycles. The molecule has 0 bridgehead atoms.